The summed E-state index contributed by atoms with van der Waals surface area (Å²) in [6.45, 7) is 0. The molecule has 0 radical (unpaired) electrons. The quantitative estimate of drug-likeness (QED) is 0.638. The number of imide groups is 1. The van der Waals surface area contributed by atoms with Crippen LogP contribution in [-0.4, -0.2) is 11.8 Å². The standard InChI is InChI=1S/C16H19FN2O2/c17-11-6-5-7-12(18)14(11)19-13(20)10-16(15(19)21)8-3-1-2-4-9-16/h5-7H,1-4,8-10,18H2. The maximum atomic E-state index is 14.1. The molecule has 1 heterocycles. The van der Waals surface area contributed by atoms with Crippen LogP contribution >= 0.6 is 0 Å². The number of rotatable bonds is 1. The molecular formula is C16H19FN2O2. The summed E-state index contributed by atoms with van der Waals surface area (Å²) in [6, 6.07) is 4.21. The lowest BCUT2D eigenvalue weighted by molar-refractivity contribution is -0.126. The average Bonchev–Trinajstić information content (AvgIpc) is 2.61. The van der Waals surface area contributed by atoms with Gasteiger partial charge < -0.3 is 5.73 Å². The van der Waals surface area contributed by atoms with Gasteiger partial charge in [-0.2, -0.15) is 0 Å². The van der Waals surface area contributed by atoms with E-state index in [9.17, 15) is 14.0 Å². The predicted molar refractivity (Wildman–Crippen MR) is 78.1 cm³/mol. The minimum atomic E-state index is -0.637. The minimum absolute atomic E-state index is 0.0754. The van der Waals surface area contributed by atoms with Crippen molar-refractivity contribution in [2.24, 2.45) is 5.41 Å². The summed E-state index contributed by atoms with van der Waals surface area (Å²) in [5.74, 6) is -1.23. The van der Waals surface area contributed by atoms with Crippen LogP contribution in [0.4, 0.5) is 15.8 Å². The molecule has 0 unspecified atom stereocenters. The van der Waals surface area contributed by atoms with Crippen molar-refractivity contribution in [3.63, 3.8) is 0 Å². The van der Waals surface area contributed by atoms with Gasteiger partial charge in [0.05, 0.1) is 11.1 Å². The molecule has 0 aromatic heterocycles. The zero-order valence-electron chi connectivity index (χ0n) is 11.9. The molecule has 2 fully saturated rings. The van der Waals surface area contributed by atoms with Crippen LogP contribution < -0.4 is 10.6 Å². The van der Waals surface area contributed by atoms with Crippen LogP contribution in [-0.2, 0) is 9.59 Å². The van der Waals surface area contributed by atoms with Crippen LogP contribution in [0.5, 0.6) is 0 Å². The van der Waals surface area contributed by atoms with Gasteiger partial charge in [0.15, 0.2) is 0 Å². The van der Waals surface area contributed by atoms with Crippen molar-refractivity contribution < 1.29 is 14.0 Å². The van der Waals surface area contributed by atoms with Gasteiger partial charge >= 0.3 is 0 Å². The highest BCUT2D eigenvalue weighted by atomic mass is 19.1. The molecular weight excluding hydrogens is 271 g/mol. The second-order valence-corrected chi connectivity index (χ2v) is 6.08. The van der Waals surface area contributed by atoms with Gasteiger partial charge in [0.25, 0.3) is 0 Å². The molecule has 21 heavy (non-hydrogen) atoms. The molecule has 1 aromatic carbocycles. The number of amides is 2. The van der Waals surface area contributed by atoms with Gasteiger partial charge in [0.2, 0.25) is 11.8 Å². The van der Waals surface area contributed by atoms with Crippen molar-refractivity contribution in [2.75, 3.05) is 10.6 Å². The number of nitrogens with two attached hydrogens (primary N) is 1. The number of anilines is 2. The second-order valence-electron chi connectivity index (χ2n) is 6.08. The number of para-hydroxylation sites is 1. The van der Waals surface area contributed by atoms with E-state index in [4.69, 9.17) is 5.73 Å². The maximum absolute atomic E-state index is 14.1. The first-order chi connectivity index (χ1) is 10.1. The normalized spacial score (nSPS) is 21.9. The van der Waals surface area contributed by atoms with Crippen LogP contribution in [0, 0.1) is 11.2 Å². The molecule has 1 aliphatic heterocycles. The molecule has 1 spiro atoms. The van der Waals surface area contributed by atoms with Crippen LogP contribution in [0.2, 0.25) is 0 Å². The topological polar surface area (TPSA) is 63.4 Å². The van der Waals surface area contributed by atoms with Gasteiger partial charge in [0.1, 0.15) is 11.5 Å². The molecule has 5 heteroatoms. The number of carbonyl (C=O) groups is 2. The number of hydrogen-bond donors (Lipinski definition) is 1. The summed E-state index contributed by atoms with van der Waals surface area (Å²) in [6.07, 6.45) is 5.67. The zero-order valence-corrected chi connectivity index (χ0v) is 11.9. The van der Waals surface area contributed by atoms with Crippen molar-refractivity contribution in [1.82, 2.24) is 0 Å². The Morgan fingerprint density at radius 3 is 2.38 bits per heavy atom. The number of carbonyl (C=O) groups excluding carboxylic acids is 2. The summed E-state index contributed by atoms with van der Waals surface area (Å²) in [5.41, 5.74) is 5.20. The summed E-state index contributed by atoms with van der Waals surface area (Å²) >= 11 is 0. The Hall–Kier alpha value is -1.91. The van der Waals surface area contributed by atoms with Crippen LogP contribution in [0.25, 0.3) is 0 Å². The Kier molecular flexibility index (Phi) is 3.43. The van der Waals surface area contributed by atoms with E-state index in [1.165, 1.54) is 18.2 Å². The molecule has 1 aliphatic carbocycles. The highest BCUT2D eigenvalue weighted by Gasteiger charge is 2.52. The molecule has 1 saturated heterocycles. The minimum Gasteiger partial charge on any atom is -0.397 e. The molecule has 2 aliphatic rings. The first kappa shape index (κ1) is 14.0. The van der Waals surface area contributed by atoms with Crippen molar-refractivity contribution in [3.8, 4) is 0 Å². The van der Waals surface area contributed by atoms with Crippen LogP contribution in [0.3, 0.4) is 0 Å². The van der Waals surface area contributed by atoms with E-state index in [0.29, 0.717) is 12.8 Å². The number of halogens is 1. The van der Waals surface area contributed by atoms with Gasteiger partial charge in [-0.3, -0.25) is 9.59 Å². The van der Waals surface area contributed by atoms with E-state index in [1.807, 2.05) is 0 Å². The summed E-state index contributed by atoms with van der Waals surface area (Å²) < 4.78 is 14.1. The van der Waals surface area contributed by atoms with E-state index in [-0.39, 0.29) is 29.6 Å². The number of benzene rings is 1. The van der Waals surface area contributed by atoms with Gasteiger partial charge in [-0.25, -0.2) is 9.29 Å². The van der Waals surface area contributed by atoms with Gasteiger partial charge in [-0.05, 0) is 25.0 Å². The Balaban J connectivity index is 2.01. The Morgan fingerprint density at radius 1 is 1.10 bits per heavy atom. The highest BCUT2D eigenvalue weighted by molar-refractivity contribution is 6.23. The molecule has 0 atom stereocenters. The molecule has 112 valence electrons. The fourth-order valence-electron chi connectivity index (χ4n) is 3.58. The maximum Gasteiger partial charge on any atom is 0.240 e. The molecule has 1 saturated carbocycles. The fourth-order valence-corrected chi connectivity index (χ4v) is 3.58. The van der Waals surface area contributed by atoms with Gasteiger partial charge in [-0.1, -0.05) is 31.7 Å². The van der Waals surface area contributed by atoms with Crippen LogP contribution in [0.1, 0.15) is 44.9 Å². The predicted octanol–water partition coefficient (Wildman–Crippen LogP) is 3.01. The van der Waals surface area contributed by atoms with Crippen molar-refractivity contribution in [1.29, 1.82) is 0 Å². The first-order valence-electron chi connectivity index (χ1n) is 7.46. The van der Waals surface area contributed by atoms with E-state index < -0.39 is 11.2 Å². The van der Waals surface area contributed by atoms with E-state index >= 15 is 0 Å². The average molecular weight is 290 g/mol. The monoisotopic (exact) mass is 290 g/mol. The second kappa shape index (κ2) is 5.13. The van der Waals surface area contributed by atoms with Gasteiger partial charge in [-0.15, -0.1) is 0 Å². The fraction of sp³-hybridized carbons (Fsp3) is 0.500. The third-order valence-electron chi connectivity index (χ3n) is 4.70. The van der Waals surface area contributed by atoms with E-state index in [0.717, 1.165) is 30.6 Å². The Bertz CT molecular complexity index is 572. The third-order valence-corrected chi connectivity index (χ3v) is 4.70. The number of hydrogen-bond acceptors (Lipinski definition) is 3. The third kappa shape index (κ3) is 2.20. The van der Waals surface area contributed by atoms with E-state index in [2.05, 4.69) is 0 Å². The molecule has 4 nitrogen and oxygen atoms in total. The van der Waals surface area contributed by atoms with Crippen molar-refractivity contribution >= 4 is 23.2 Å². The Labute approximate surface area is 123 Å². The summed E-state index contributed by atoms with van der Waals surface area (Å²) in [7, 11) is 0. The first-order valence-corrected chi connectivity index (χ1v) is 7.46. The van der Waals surface area contributed by atoms with E-state index in [1.54, 1.807) is 0 Å². The lowest BCUT2D eigenvalue weighted by Crippen LogP contribution is -2.36. The van der Waals surface area contributed by atoms with Crippen molar-refractivity contribution in [2.45, 2.75) is 44.9 Å². The lowest BCUT2D eigenvalue weighted by Gasteiger charge is -2.25. The number of nitrogens with zero attached hydrogens (tertiary/aromatic N) is 1. The van der Waals surface area contributed by atoms with Crippen molar-refractivity contribution in [3.05, 3.63) is 24.0 Å². The zero-order chi connectivity index (χ0) is 15.0. The van der Waals surface area contributed by atoms with Gasteiger partial charge in [0, 0.05) is 6.42 Å². The summed E-state index contributed by atoms with van der Waals surface area (Å²) in [4.78, 5) is 26.2. The number of nitrogen functional groups attached to an aromatic ring is 1. The summed E-state index contributed by atoms with van der Waals surface area (Å²) in [5, 5.41) is 0. The Morgan fingerprint density at radius 2 is 1.76 bits per heavy atom. The molecule has 0 bridgehead atoms. The lowest BCUT2D eigenvalue weighted by atomic mass is 9.79. The smallest absolute Gasteiger partial charge is 0.240 e. The van der Waals surface area contributed by atoms with Crippen LogP contribution in [0.15, 0.2) is 18.2 Å². The SMILES string of the molecule is Nc1cccc(F)c1N1C(=O)CC2(CCCCCC2)C1=O. The molecule has 2 N–H and O–H groups in total. The molecule has 2 amide bonds. The molecule has 1 aromatic rings. The molecule has 3 rings (SSSR count). The largest absolute Gasteiger partial charge is 0.397 e. The highest BCUT2D eigenvalue weighted by Crippen LogP contribution is 2.46.